The number of piperidine rings is 1. The SMILES string of the molecule is CCNC(=O)c1ccc(C(C#N)=C2CC3CCC(C2)N3)cc1. The fourth-order valence-electron chi connectivity index (χ4n) is 3.51. The molecule has 1 amide bonds. The summed E-state index contributed by atoms with van der Waals surface area (Å²) in [6.07, 6.45) is 4.36. The minimum atomic E-state index is -0.0693. The largest absolute Gasteiger partial charge is 0.352 e. The van der Waals surface area contributed by atoms with Gasteiger partial charge in [0.2, 0.25) is 0 Å². The fraction of sp³-hybridized carbons (Fsp3) is 0.444. The van der Waals surface area contributed by atoms with Gasteiger partial charge in [0.05, 0.1) is 11.6 Å². The van der Waals surface area contributed by atoms with Crippen molar-refractivity contribution in [3.05, 3.63) is 41.0 Å². The van der Waals surface area contributed by atoms with Gasteiger partial charge in [0, 0.05) is 24.2 Å². The first-order valence-electron chi connectivity index (χ1n) is 7.98. The third-order valence-electron chi connectivity index (χ3n) is 4.56. The number of amides is 1. The highest BCUT2D eigenvalue weighted by atomic mass is 16.1. The van der Waals surface area contributed by atoms with Gasteiger partial charge in [-0.15, -0.1) is 0 Å². The zero-order valence-electron chi connectivity index (χ0n) is 12.9. The first-order valence-corrected chi connectivity index (χ1v) is 7.98. The molecule has 1 aromatic rings. The minimum absolute atomic E-state index is 0.0693. The van der Waals surface area contributed by atoms with Crippen molar-refractivity contribution in [1.29, 1.82) is 5.26 Å². The zero-order chi connectivity index (χ0) is 15.5. The standard InChI is InChI=1S/C18H21N3O/c1-2-20-18(22)13-5-3-12(4-6-13)17(11-19)14-9-15-7-8-16(10-14)21-15/h3-6,15-16,21H,2,7-10H2,1H3,(H,20,22). The molecule has 2 atom stereocenters. The van der Waals surface area contributed by atoms with Crippen molar-refractivity contribution in [2.45, 2.75) is 44.7 Å². The van der Waals surface area contributed by atoms with Gasteiger partial charge >= 0.3 is 0 Å². The molecule has 2 aliphatic heterocycles. The minimum Gasteiger partial charge on any atom is -0.352 e. The van der Waals surface area contributed by atoms with E-state index in [2.05, 4.69) is 16.7 Å². The summed E-state index contributed by atoms with van der Waals surface area (Å²) in [6, 6.07) is 10.8. The topological polar surface area (TPSA) is 64.9 Å². The van der Waals surface area contributed by atoms with Crippen LogP contribution >= 0.6 is 0 Å². The second-order valence-electron chi connectivity index (χ2n) is 6.07. The summed E-state index contributed by atoms with van der Waals surface area (Å²) >= 11 is 0. The Morgan fingerprint density at radius 1 is 1.23 bits per heavy atom. The molecule has 2 aliphatic rings. The van der Waals surface area contributed by atoms with E-state index in [9.17, 15) is 10.1 Å². The van der Waals surface area contributed by atoms with Crippen molar-refractivity contribution < 1.29 is 4.79 Å². The van der Waals surface area contributed by atoms with Gasteiger partial charge in [-0.25, -0.2) is 0 Å². The van der Waals surface area contributed by atoms with E-state index in [-0.39, 0.29) is 5.91 Å². The third kappa shape index (κ3) is 2.90. The maximum absolute atomic E-state index is 11.8. The van der Waals surface area contributed by atoms with Crippen molar-refractivity contribution in [1.82, 2.24) is 10.6 Å². The van der Waals surface area contributed by atoms with Crippen LogP contribution in [0, 0.1) is 11.3 Å². The van der Waals surface area contributed by atoms with E-state index < -0.39 is 0 Å². The summed E-state index contributed by atoms with van der Waals surface area (Å²) in [5.74, 6) is -0.0693. The van der Waals surface area contributed by atoms with Crippen LogP contribution in [-0.4, -0.2) is 24.5 Å². The van der Waals surface area contributed by atoms with Crippen LogP contribution in [0.2, 0.25) is 0 Å². The van der Waals surface area contributed by atoms with Crippen LogP contribution < -0.4 is 10.6 Å². The van der Waals surface area contributed by atoms with Gasteiger partial charge in [-0.05, 0) is 55.9 Å². The Labute approximate surface area is 131 Å². The van der Waals surface area contributed by atoms with Gasteiger partial charge < -0.3 is 10.6 Å². The Morgan fingerprint density at radius 3 is 2.36 bits per heavy atom. The number of allylic oxidation sites excluding steroid dienone is 1. The van der Waals surface area contributed by atoms with Crippen LogP contribution in [0.4, 0.5) is 0 Å². The maximum Gasteiger partial charge on any atom is 0.251 e. The Bertz CT molecular complexity index is 625. The smallest absolute Gasteiger partial charge is 0.251 e. The van der Waals surface area contributed by atoms with Gasteiger partial charge in [0.25, 0.3) is 5.91 Å². The van der Waals surface area contributed by atoms with Crippen LogP contribution in [0.25, 0.3) is 5.57 Å². The molecule has 2 N–H and O–H groups in total. The number of carbonyl (C=O) groups is 1. The van der Waals surface area contributed by atoms with Crippen molar-refractivity contribution in [2.75, 3.05) is 6.54 Å². The van der Waals surface area contributed by atoms with E-state index in [1.807, 2.05) is 19.1 Å². The van der Waals surface area contributed by atoms with Crippen molar-refractivity contribution in [3.8, 4) is 6.07 Å². The molecule has 4 nitrogen and oxygen atoms in total. The normalized spacial score (nSPS) is 23.0. The zero-order valence-corrected chi connectivity index (χ0v) is 12.9. The predicted molar refractivity (Wildman–Crippen MR) is 86.2 cm³/mol. The van der Waals surface area contributed by atoms with Gasteiger partial charge in [0.15, 0.2) is 0 Å². The molecule has 4 heteroatoms. The Balaban J connectivity index is 1.85. The molecule has 2 bridgehead atoms. The van der Waals surface area contributed by atoms with Gasteiger partial charge in [0.1, 0.15) is 0 Å². The lowest BCUT2D eigenvalue weighted by atomic mass is 9.91. The molecule has 2 fully saturated rings. The lowest BCUT2D eigenvalue weighted by Crippen LogP contribution is -2.35. The monoisotopic (exact) mass is 295 g/mol. The van der Waals surface area contributed by atoms with Crippen LogP contribution in [0.5, 0.6) is 0 Å². The van der Waals surface area contributed by atoms with E-state index in [0.29, 0.717) is 24.2 Å². The number of benzene rings is 1. The molecule has 114 valence electrons. The van der Waals surface area contributed by atoms with E-state index in [1.165, 1.54) is 18.4 Å². The molecule has 0 spiro atoms. The molecular weight excluding hydrogens is 274 g/mol. The molecule has 1 aromatic carbocycles. The first kappa shape index (κ1) is 14.8. The first-order chi connectivity index (χ1) is 10.7. The van der Waals surface area contributed by atoms with Gasteiger partial charge in [-0.1, -0.05) is 12.1 Å². The Kier molecular flexibility index (Phi) is 4.26. The van der Waals surface area contributed by atoms with Crippen molar-refractivity contribution >= 4 is 11.5 Å². The summed E-state index contributed by atoms with van der Waals surface area (Å²) in [6.45, 7) is 2.51. The Morgan fingerprint density at radius 2 is 1.82 bits per heavy atom. The van der Waals surface area contributed by atoms with E-state index in [1.54, 1.807) is 12.1 Å². The molecule has 3 rings (SSSR count). The second kappa shape index (κ2) is 6.33. The molecular formula is C18H21N3O. The van der Waals surface area contributed by atoms with E-state index in [4.69, 9.17) is 0 Å². The summed E-state index contributed by atoms with van der Waals surface area (Å²) in [7, 11) is 0. The van der Waals surface area contributed by atoms with Gasteiger partial charge in [-0.3, -0.25) is 4.79 Å². The predicted octanol–water partition coefficient (Wildman–Crippen LogP) is 2.63. The number of hydrogen-bond donors (Lipinski definition) is 2. The third-order valence-corrected chi connectivity index (χ3v) is 4.56. The average Bonchev–Trinajstić information content (AvgIpc) is 2.87. The van der Waals surface area contributed by atoms with E-state index >= 15 is 0 Å². The van der Waals surface area contributed by atoms with E-state index in [0.717, 1.165) is 24.0 Å². The molecule has 2 unspecified atom stereocenters. The quantitative estimate of drug-likeness (QED) is 0.843. The van der Waals surface area contributed by atoms with Crippen LogP contribution in [-0.2, 0) is 0 Å². The Hall–Kier alpha value is -2.12. The molecule has 0 aromatic heterocycles. The van der Waals surface area contributed by atoms with Crippen LogP contribution in [0.15, 0.2) is 29.8 Å². The van der Waals surface area contributed by atoms with Crippen molar-refractivity contribution in [3.63, 3.8) is 0 Å². The number of fused-ring (bicyclic) bond motifs is 2. The summed E-state index contributed by atoms with van der Waals surface area (Å²) in [4.78, 5) is 11.8. The maximum atomic E-state index is 11.8. The lowest BCUT2D eigenvalue weighted by Gasteiger charge is -2.24. The summed E-state index contributed by atoms with van der Waals surface area (Å²) in [5, 5.41) is 16.0. The molecule has 0 aliphatic carbocycles. The number of hydrogen-bond acceptors (Lipinski definition) is 3. The summed E-state index contributed by atoms with van der Waals surface area (Å²) in [5.41, 5.74) is 3.62. The molecule has 2 saturated heterocycles. The number of nitrogens with zero attached hydrogens (tertiary/aromatic N) is 1. The highest BCUT2D eigenvalue weighted by Crippen LogP contribution is 2.34. The molecule has 22 heavy (non-hydrogen) atoms. The highest BCUT2D eigenvalue weighted by molar-refractivity contribution is 5.94. The fourth-order valence-corrected chi connectivity index (χ4v) is 3.51. The number of nitriles is 1. The van der Waals surface area contributed by atoms with Crippen LogP contribution in [0.3, 0.4) is 0 Å². The van der Waals surface area contributed by atoms with Crippen LogP contribution in [0.1, 0.15) is 48.5 Å². The van der Waals surface area contributed by atoms with Gasteiger partial charge in [-0.2, -0.15) is 5.26 Å². The van der Waals surface area contributed by atoms with Crippen molar-refractivity contribution in [2.24, 2.45) is 0 Å². The number of rotatable bonds is 3. The molecule has 2 heterocycles. The molecule has 0 radical (unpaired) electrons. The summed E-state index contributed by atoms with van der Waals surface area (Å²) < 4.78 is 0. The highest BCUT2D eigenvalue weighted by Gasteiger charge is 2.31. The number of nitrogens with one attached hydrogen (secondary N) is 2. The second-order valence-corrected chi connectivity index (χ2v) is 6.07. The molecule has 0 saturated carbocycles. The lowest BCUT2D eigenvalue weighted by molar-refractivity contribution is 0.0956. The average molecular weight is 295 g/mol. The number of carbonyl (C=O) groups excluding carboxylic acids is 1.